The molecule has 118 valence electrons. The first-order valence-corrected chi connectivity index (χ1v) is 7.38. The van der Waals surface area contributed by atoms with Gasteiger partial charge in [-0.2, -0.15) is 0 Å². The van der Waals surface area contributed by atoms with Gasteiger partial charge in [0, 0.05) is 13.0 Å². The highest BCUT2D eigenvalue weighted by Gasteiger charge is 2.27. The second kappa shape index (κ2) is 6.60. The second-order valence-corrected chi connectivity index (χ2v) is 5.44. The van der Waals surface area contributed by atoms with Crippen LogP contribution in [0.5, 0.6) is 0 Å². The Balaban J connectivity index is 2.32. The number of carboxylic acids is 1. The number of hydrogen-bond donors (Lipinski definition) is 2. The van der Waals surface area contributed by atoms with Crippen LogP contribution in [-0.4, -0.2) is 35.5 Å². The van der Waals surface area contributed by atoms with Gasteiger partial charge in [0.25, 0.3) is 5.91 Å². The van der Waals surface area contributed by atoms with Gasteiger partial charge in [0.15, 0.2) is 0 Å². The summed E-state index contributed by atoms with van der Waals surface area (Å²) in [6.45, 7) is 4.12. The van der Waals surface area contributed by atoms with Gasteiger partial charge in [-0.1, -0.05) is 18.6 Å². The molecule has 1 aliphatic rings. The molecule has 1 aromatic rings. The van der Waals surface area contributed by atoms with Crippen molar-refractivity contribution in [3.05, 3.63) is 29.3 Å². The standard InChI is InChI=1S/C16H20N2O4/c1-3-12(16(21)22)17-15(20)11-9-10(2)6-7-13(11)18-8-4-5-14(18)19/h6-7,9,12H,3-5,8H2,1-2H3,(H,17,20)(H,21,22)/t12-/m1/s1. The Labute approximate surface area is 129 Å². The van der Waals surface area contributed by atoms with E-state index in [1.165, 1.54) is 0 Å². The van der Waals surface area contributed by atoms with Crippen molar-refractivity contribution in [3.8, 4) is 0 Å². The summed E-state index contributed by atoms with van der Waals surface area (Å²) in [7, 11) is 0. The SMILES string of the molecule is CC[C@@H](NC(=O)c1cc(C)ccc1N1CCCC1=O)C(=O)O. The number of rotatable bonds is 5. The average Bonchev–Trinajstić information content (AvgIpc) is 2.90. The Kier molecular flexibility index (Phi) is 4.80. The molecule has 0 unspecified atom stereocenters. The largest absolute Gasteiger partial charge is 0.480 e. The lowest BCUT2D eigenvalue weighted by molar-refractivity contribution is -0.139. The van der Waals surface area contributed by atoms with Crippen LogP contribution >= 0.6 is 0 Å². The topological polar surface area (TPSA) is 86.7 Å². The normalized spacial score (nSPS) is 15.7. The van der Waals surface area contributed by atoms with Crippen LogP contribution in [0.25, 0.3) is 0 Å². The first-order valence-electron chi connectivity index (χ1n) is 7.38. The van der Waals surface area contributed by atoms with E-state index in [-0.39, 0.29) is 5.91 Å². The molecule has 2 N–H and O–H groups in total. The first-order chi connectivity index (χ1) is 10.4. The van der Waals surface area contributed by atoms with Crippen LogP contribution in [0.15, 0.2) is 18.2 Å². The number of carbonyl (C=O) groups excluding carboxylic acids is 2. The summed E-state index contributed by atoms with van der Waals surface area (Å²) >= 11 is 0. The number of aryl methyl sites for hydroxylation is 1. The Morgan fingerprint density at radius 1 is 1.41 bits per heavy atom. The van der Waals surface area contributed by atoms with Gasteiger partial charge in [0.05, 0.1) is 11.3 Å². The van der Waals surface area contributed by atoms with Gasteiger partial charge in [-0.25, -0.2) is 4.79 Å². The van der Waals surface area contributed by atoms with E-state index in [2.05, 4.69) is 5.32 Å². The lowest BCUT2D eigenvalue weighted by Gasteiger charge is -2.21. The summed E-state index contributed by atoms with van der Waals surface area (Å²) in [5.41, 5.74) is 1.77. The molecule has 6 heteroatoms. The Bertz CT molecular complexity index is 612. The molecule has 1 heterocycles. The van der Waals surface area contributed by atoms with Crippen LogP contribution in [-0.2, 0) is 9.59 Å². The molecule has 0 radical (unpaired) electrons. The lowest BCUT2D eigenvalue weighted by Crippen LogP contribution is -2.41. The third-order valence-electron chi connectivity index (χ3n) is 3.77. The van der Waals surface area contributed by atoms with Crippen LogP contribution in [0.2, 0.25) is 0 Å². The maximum absolute atomic E-state index is 12.4. The van der Waals surface area contributed by atoms with Crippen molar-refractivity contribution < 1.29 is 19.5 Å². The molecule has 0 spiro atoms. The second-order valence-electron chi connectivity index (χ2n) is 5.44. The number of aliphatic carboxylic acids is 1. The maximum Gasteiger partial charge on any atom is 0.326 e. The van der Waals surface area contributed by atoms with Crippen molar-refractivity contribution >= 4 is 23.5 Å². The van der Waals surface area contributed by atoms with E-state index in [1.54, 1.807) is 24.0 Å². The molecule has 1 aliphatic heterocycles. The number of amides is 2. The summed E-state index contributed by atoms with van der Waals surface area (Å²) in [5, 5.41) is 11.6. The zero-order valence-electron chi connectivity index (χ0n) is 12.8. The highest BCUT2D eigenvalue weighted by molar-refractivity contribution is 6.06. The van der Waals surface area contributed by atoms with Crippen molar-refractivity contribution in [3.63, 3.8) is 0 Å². The molecule has 1 fully saturated rings. The number of hydrogen-bond acceptors (Lipinski definition) is 3. The number of anilines is 1. The molecular formula is C16H20N2O4. The molecule has 0 aliphatic carbocycles. The highest BCUT2D eigenvalue weighted by atomic mass is 16.4. The molecule has 2 rings (SSSR count). The number of carboxylic acid groups (broad SMARTS) is 1. The lowest BCUT2D eigenvalue weighted by atomic mass is 10.1. The predicted molar refractivity (Wildman–Crippen MR) is 81.9 cm³/mol. The summed E-state index contributed by atoms with van der Waals surface area (Å²) in [5.74, 6) is -1.54. The van der Waals surface area contributed by atoms with Gasteiger partial charge in [-0.15, -0.1) is 0 Å². The number of carbonyl (C=O) groups is 3. The zero-order chi connectivity index (χ0) is 16.3. The van der Waals surface area contributed by atoms with E-state index in [0.717, 1.165) is 12.0 Å². The average molecular weight is 304 g/mol. The summed E-state index contributed by atoms with van der Waals surface area (Å²) < 4.78 is 0. The molecule has 0 saturated carbocycles. The van der Waals surface area contributed by atoms with Gasteiger partial charge in [-0.3, -0.25) is 9.59 Å². The zero-order valence-corrected chi connectivity index (χ0v) is 12.8. The van der Waals surface area contributed by atoms with Crippen molar-refractivity contribution in [1.29, 1.82) is 0 Å². The first kappa shape index (κ1) is 16.0. The van der Waals surface area contributed by atoms with E-state index >= 15 is 0 Å². The van der Waals surface area contributed by atoms with E-state index in [1.807, 2.05) is 13.0 Å². The van der Waals surface area contributed by atoms with Gasteiger partial charge < -0.3 is 15.3 Å². The fourth-order valence-corrected chi connectivity index (χ4v) is 2.54. The number of nitrogens with one attached hydrogen (secondary N) is 1. The van der Waals surface area contributed by atoms with E-state index < -0.39 is 17.9 Å². The summed E-state index contributed by atoms with van der Waals surface area (Å²) in [6, 6.07) is 4.34. The number of nitrogens with zero attached hydrogens (tertiary/aromatic N) is 1. The quantitative estimate of drug-likeness (QED) is 0.867. The summed E-state index contributed by atoms with van der Waals surface area (Å²) in [4.78, 5) is 37.0. The third-order valence-corrected chi connectivity index (χ3v) is 3.77. The predicted octanol–water partition coefficient (Wildman–Crippen LogP) is 1.71. The fourth-order valence-electron chi connectivity index (χ4n) is 2.54. The van der Waals surface area contributed by atoms with Crippen LogP contribution in [0.3, 0.4) is 0 Å². The molecule has 0 aromatic heterocycles. The van der Waals surface area contributed by atoms with Crippen LogP contribution in [0.4, 0.5) is 5.69 Å². The molecule has 22 heavy (non-hydrogen) atoms. The van der Waals surface area contributed by atoms with Crippen LogP contribution < -0.4 is 10.2 Å². The molecule has 0 bridgehead atoms. The van der Waals surface area contributed by atoms with E-state index in [9.17, 15) is 14.4 Å². The van der Waals surface area contributed by atoms with E-state index in [0.29, 0.717) is 30.6 Å². The maximum atomic E-state index is 12.4. The minimum absolute atomic E-state index is 0.0109. The highest BCUT2D eigenvalue weighted by Crippen LogP contribution is 2.26. The molecule has 2 amide bonds. The molecule has 6 nitrogen and oxygen atoms in total. The third kappa shape index (κ3) is 3.27. The Morgan fingerprint density at radius 3 is 2.68 bits per heavy atom. The summed E-state index contributed by atoms with van der Waals surface area (Å²) in [6.07, 6.45) is 1.53. The van der Waals surface area contributed by atoms with Crippen molar-refractivity contribution in [1.82, 2.24) is 5.32 Å². The Morgan fingerprint density at radius 2 is 2.14 bits per heavy atom. The van der Waals surface area contributed by atoms with Crippen LogP contribution in [0, 0.1) is 6.92 Å². The van der Waals surface area contributed by atoms with Crippen LogP contribution in [0.1, 0.15) is 42.1 Å². The Hall–Kier alpha value is -2.37. The van der Waals surface area contributed by atoms with Gasteiger partial charge in [0.2, 0.25) is 5.91 Å². The molecule has 1 aromatic carbocycles. The van der Waals surface area contributed by atoms with Crippen molar-refractivity contribution in [2.45, 2.75) is 39.2 Å². The number of benzene rings is 1. The fraction of sp³-hybridized carbons (Fsp3) is 0.438. The van der Waals surface area contributed by atoms with Gasteiger partial charge >= 0.3 is 5.97 Å². The van der Waals surface area contributed by atoms with Crippen molar-refractivity contribution in [2.75, 3.05) is 11.4 Å². The van der Waals surface area contributed by atoms with Crippen molar-refractivity contribution in [2.24, 2.45) is 0 Å². The minimum atomic E-state index is -1.07. The minimum Gasteiger partial charge on any atom is -0.480 e. The van der Waals surface area contributed by atoms with E-state index in [4.69, 9.17) is 5.11 Å². The monoisotopic (exact) mass is 304 g/mol. The molecule has 1 atom stereocenters. The molecule has 1 saturated heterocycles. The molecular weight excluding hydrogens is 284 g/mol. The van der Waals surface area contributed by atoms with Gasteiger partial charge in [-0.05, 0) is 31.9 Å². The smallest absolute Gasteiger partial charge is 0.326 e. The van der Waals surface area contributed by atoms with Gasteiger partial charge in [0.1, 0.15) is 6.04 Å².